The van der Waals surface area contributed by atoms with E-state index in [9.17, 15) is 9.59 Å². The third-order valence-corrected chi connectivity index (χ3v) is 3.80. The number of aromatic nitrogens is 3. The number of hydrogen-bond donors (Lipinski definition) is 2. The van der Waals surface area contributed by atoms with E-state index in [-0.39, 0.29) is 11.6 Å². The van der Waals surface area contributed by atoms with Crippen molar-refractivity contribution in [1.82, 2.24) is 15.1 Å². The van der Waals surface area contributed by atoms with Gasteiger partial charge in [-0.2, -0.15) is 0 Å². The Morgan fingerprint density at radius 1 is 1.29 bits per heavy atom. The molecule has 122 valence electrons. The molecule has 0 bridgehead atoms. The van der Waals surface area contributed by atoms with Gasteiger partial charge in [0.15, 0.2) is 17.4 Å². The topological polar surface area (TPSA) is 114 Å². The maximum Gasteiger partial charge on any atom is 0.439 e. The second-order valence-electron chi connectivity index (χ2n) is 5.75. The standard InChI is InChI=1S/C16H14N4O4/c21-15(12-8-23-13(18-12)7-9-1-2-9)17-11-5-3-10(4-6-11)14-19-16(22)24-20-14/h3-6,8-9H,1-2,7H2,(H,17,21)(H,19,20,22). The number of oxazole rings is 1. The fourth-order valence-electron chi connectivity index (χ4n) is 2.34. The molecular formula is C16H14N4O4. The molecule has 0 saturated heterocycles. The van der Waals surface area contributed by atoms with E-state index < -0.39 is 5.76 Å². The molecule has 24 heavy (non-hydrogen) atoms. The van der Waals surface area contributed by atoms with Crippen molar-refractivity contribution in [1.29, 1.82) is 0 Å². The summed E-state index contributed by atoms with van der Waals surface area (Å²) >= 11 is 0. The quantitative estimate of drug-likeness (QED) is 0.743. The number of carbonyl (C=O) groups excluding carboxylic acids is 1. The first-order valence-corrected chi connectivity index (χ1v) is 7.59. The zero-order valence-electron chi connectivity index (χ0n) is 12.6. The first-order chi connectivity index (χ1) is 11.7. The molecule has 1 saturated carbocycles. The highest BCUT2D eigenvalue weighted by Crippen LogP contribution is 2.32. The Hall–Kier alpha value is -3.16. The van der Waals surface area contributed by atoms with Crippen LogP contribution in [0.4, 0.5) is 5.69 Å². The van der Waals surface area contributed by atoms with E-state index in [1.165, 1.54) is 19.1 Å². The minimum Gasteiger partial charge on any atom is -0.448 e. The molecule has 8 nitrogen and oxygen atoms in total. The maximum absolute atomic E-state index is 12.2. The van der Waals surface area contributed by atoms with E-state index >= 15 is 0 Å². The summed E-state index contributed by atoms with van der Waals surface area (Å²) < 4.78 is 9.79. The van der Waals surface area contributed by atoms with Crippen LogP contribution in [0.1, 0.15) is 29.2 Å². The lowest BCUT2D eigenvalue weighted by Crippen LogP contribution is -2.12. The minimum absolute atomic E-state index is 0.260. The third-order valence-electron chi connectivity index (χ3n) is 3.80. The van der Waals surface area contributed by atoms with E-state index in [1.54, 1.807) is 24.3 Å². The number of H-pyrrole nitrogens is 1. The van der Waals surface area contributed by atoms with E-state index in [0.29, 0.717) is 28.9 Å². The summed E-state index contributed by atoms with van der Waals surface area (Å²) in [6, 6.07) is 6.83. The monoisotopic (exact) mass is 326 g/mol. The molecule has 2 N–H and O–H groups in total. The average molecular weight is 326 g/mol. The fraction of sp³-hybridized carbons (Fsp3) is 0.250. The molecule has 4 rings (SSSR count). The molecular weight excluding hydrogens is 312 g/mol. The number of nitrogens with one attached hydrogen (secondary N) is 2. The van der Waals surface area contributed by atoms with Crippen molar-refractivity contribution in [2.24, 2.45) is 5.92 Å². The van der Waals surface area contributed by atoms with Gasteiger partial charge in [-0.3, -0.25) is 14.3 Å². The van der Waals surface area contributed by atoms with Gasteiger partial charge in [0.05, 0.1) is 0 Å². The molecule has 1 fully saturated rings. The van der Waals surface area contributed by atoms with Gasteiger partial charge >= 0.3 is 5.76 Å². The second kappa shape index (κ2) is 5.80. The maximum atomic E-state index is 12.2. The van der Waals surface area contributed by atoms with Crippen LogP contribution in [-0.4, -0.2) is 21.0 Å². The lowest BCUT2D eigenvalue weighted by Gasteiger charge is -2.03. The highest BCUT2D eigenvalue weighted by Gasteiger charge is 2.24. The van der Waals surface area contributed by atoms with Crippen LogP contribution < -0.4 is 11.1 Å². The van der Waals surface area contributed by atoms with E-state index in [1.807, 2.05) is 0 Å². The number of carbonyl (C=O) groups is 1. The summed E-state index contributed by atoms with van der Waals surface area (Å²) in [5, 5.41) is 6.35. The summed E-state index contributed by atoms with van der Waals surface area (Å²) in [4.78, 5) is 29.8. The van der Waals surface area contributed by atoms with Gasteiger partial charge in [-0.15, -0.1) is 0 Å². The first-order valence-electron chi connectivity index (χ1n) is 7.59. The molecule has 2 aromatic heterocycles. The van der Waals surface area contributed by atoms with Crippen LogP contribution in [0.2, 0.25) is 0 Å². The Bertz CT molecular complexity index is 918. The predicted molar refractivity (Wildman–Crippen MR) is 83.4 cm³/mol. The van der Waals surface area contributed by atoms with Crippen molar-refractivity contribution in [2.75, 3.05) is 5.32 Å². The van der Waals surface area contributed by atoms with Gasteiger partial charge in [-0.05, 0) is 43.0 Å². The molecule has 0 unspecified atom stereocenters. The SMILES string of the molecule is O=C(Nc1ccc(-c2noc(=O)[nH]2)cc1)c1coc(CC2CC2)n1. The van der Waals surface area contributed by atoms with Gasteiger partial charge in [0.25, 0.3) is 5.91 Å². The van der Waals surface area contributed by atoms with Crippen LogP contribution in [0.15, 0.2) is 44.3 Å². The average Bonchev–Trinajstić information content (AvgIpc) is 3.07. The number of aromatic amines is 1. The molecule has 0 spiro atoms. The Morgan fingerprint density at radius 2 is 2.08 bits per heavy atom. The van der Waals surface area contributed by atoms with Crippen LogP contribution in [0, 0.1) is 5.92 Å². The summed E-state index contributed by atoms with van der Waals surface area (Å²) in [6.07, 6.45) is 4.57. The van der Waals surface area contributed by atoms with Crippen molar-refractivity contribution in [3.63, 3.8) is 0 Å². The first kappa shape index (κ1) is 14.4. The van der Waals surface area contributed by atoms with Gasteiger partial charge < -0.3 is 9.73 Å². The summed E-state index contributed by atoms with van der Waals surface area (Å²) in [5.41, 5.74) is 1.53. The second-order valence-corrected chi connectivity index (χ2v) is 5.75. The molecule has 1 aromatic carbocycles. The van der Waals surface area contributed by atoms with Gasteiger partial charge in [0, 0.05) is 17.7 Å². The lowest BCUT2D eigenvalue weighted by molar-refractivity contribution is 0.102. The molecule has 0 aliphatic heterocycles. The van der Waals surface area contributed by atoms with Crippen LogP contribution >= 0.6 is 0 Å². The number of benzene rings is 1. The van der Waals surface area contributed by atoms with Gasteiger partial charge in [0.2, 0.25) is 0 Å². The lowest BCUT2D eigenvalue weighted by atomic mass is 10.2. The number of hydrogen-bond acceptors (Lipinski definition) is 6. The summed E-state index contributed by atoms with van der Waals surface area (Å²) in [5.74, 6) is 0.640. The number of amides is 1. The van der Waals surface area contributed by atoms with E-state index in [2.05, 4.69) is 25.0 Å². The summed E-state index contributed by atoms with van der Waals surface area (Å²) in [7, 11) is 0. The highest BCUT2D eigenvalue weighted by molar-refractivity contribution is 6.02. The van der Waals surface area contributed by atoms with Crippen LogP contribution in [0.3, 0.4) is 0 Å². The smallest absolute Gasteiger partial charge is 0.439 e. The van der Waals surface area contributed by atoms with Crippen molar-refractivity contribution < 1.29 is 13.7 Å². The molecule has 8 heteroatoms. The summed E-state index contributed by atoms with van der Waals surface area (Å²) in [6.45, 7) is 0. The van der Waals surface area contributed by atoms with E-state index in [4.69, 9.17) is 4.42 Å². The molecule has 3 aromatic rings. The van der Waals surface area contributed by atoms with Gasteiger partial charge in [-0.1, -0.05) is 5.16 Å². The van der Waals surface area contributed by atoms with Gasteiger partial charge in [0.1, 0.15) is 6.26 Å². The molecule has 2 heterocycles. The Balaban J connectivity index is 1.43. The zero-order chi connectivity index (χ0) is 16.5. The van der Waals surface area contributed by atoms with Crippen molar-refractivity contribution in [3.8, 4) is 11.4 Å². The minimum atomic E-state index is -0.615. The normalized spacial score (nSPS) is 13.8. The van der Waals surface area contributed by atoms with Crippen molar-refractivity contribution in [3.05, 3.63) is 52.7 Å². The molecule has 1 aliphatic rings. The number of anilines is 1. The molecule has 1 amide bonds. The van der Waals surface area contributed by atoms with Crippen LogP contribution in [-0.2, 0) is 6.42 Å². The molecule has 0 atom stereocenters. The zero-order valence-corrected chi connectivity index (χ0v) is 12.6. The molecule has 0 radical (unpaired) electrons. The fourth-order valence-corrected chi connectivity index (χ4v) is 2.34. The number of rotatable bonds is 5. The largest absolute Gasteiger partial charge is 0.448 e. The predicted octanol–water partition coefficient (Wildman–Crippen LogP) is 2.22. The molecule has 1 aliphatic carbocycles. The Kier molecular flexibility index (Phi) is 3.49. The van der Waals surface area contributed by atoms with Crippen LogP contribution in [0.5, 0.6) is 0 Å². The van der Waals surface area contributed by atoms with Crippen LogP contribution in [0.25, 0.3) is 11.4 Å². The van der Waals surface area contributed by atoms with Gasteiger partial charge in [-0.25, -0.2) is 9.78 Å². The van der Waals surface area contributed by atoms with E-state index in [0.717, 1.165) is 6.42 Å². The Labute approximate surface area is 135 Å². The third kappa shape index (κ3) is 3.12. The highest BCUT2D eigenvalue weighted by atomic mass is 16.5. The van der Waals surface area contributed by atoms with Crippen molar-refractivity contribution in [2.45, 2.75) is 19.3 Å². The Morgan fingerprint density at radius 3 is 2.75 bits per heavy atom. The van der Waals surface area contributed by atoms with Crippen molar-refractivity contribution >= 4 is 11.6 Å². The number of nitrogens with zero attached hydrogens (tertiary/aromatic N) is 2.